The summed E-state index contributed by atoms with van der Waals surface area (Å²) in [5.41, 5.74) is 3.95. The molecule has 0 aromatic carbocycles. The quantitative estimate of drug-likeness (QED) is 0.460. The summed E-state index contributed by atoms with van der Waals surface area (Å²) in [5, 5.41) is 0. The average Bonchev–Trinajstić information content (AvgIpc) is 3.02. The molecule has 1 nitrogen and oxygen atoms in total. The minimum Gasteiger partial charge on any atom is -0.299 e. The van der Waals surface area contributed by atoms with E-state index < -0.39 is 0 Å². The van der Waals surface area contributed by atoms with Crippen LogP contribution in [0.3, 0.4) is 0 Å². The fourth-order valence-corrected chi connectivity index (χ4v) is 8.28. The van der Waals surface area contributed by atoms with Gasteiger partial charge in [-0.25, -0.2) is 0 Å². The highest BCUT2D eigenvalue weighted by Crippen LogP contribution is 2.67. The molecular weight excluding hydrogens is 340 g/mol. The Kier molecular flexibility index (Phi) is 5.43. The molecule has 0 bridgehead atoms. The number of rotatable bonds is 4. The van der Waals surface area contributed by atoms with Crippen LogP contribution in [0.1, 0.15) is 98.8 Å². The van der Waals surface area contributed by atoms with Gasteiger partial charge in [0.2, 0.25) is 0 Å². The van der Waals surface area contributed by atoms with Crippen molar-refractivity contribution in [2.24, 2.45) is 40.4 Å². The van der Waals surface area contributed by atoms with Gasteiger partial charge in [-0.15, -0.1) is 0 Å². The first-order chi connectivity index (χ1) is 13.3. The summed E-state index contributed by atoms with van der Waals surface area (Å²) in [6.45, 7) is 11.6. The molecular formula is C27H42O. The van der Waals surface area contributed by atoms with E-state index in [-0.39, 0.29) is 5.92 Å². The van der Waals surface area contributed by atoms with E-state index in [0.717, 1.165) is 17.8 Å². The lowest BCUT2D eigenvalue weighted by Crippen LogP contribution is -2.50. The molecule has 4 aliphatic carbocycles. The number of hydrogen-bond donors (Lipinski definition) is 0. The van der Waals surface area contributed by atoms with Gasteiger partial charge < -0.3 is 0 Å². The van der Waals surface area contributed by atoms with E-state index in [2.05, 4.69) is 46.8 Å². The Hall–Kier alpha value is -0.850. The molecule has 0 N–H and O–H groups in total. The first-order valence-electron chi connectivity index (χ1n) is 12.1. The zero-order valence-electron chi connectivity index (χ0n) is 19.0. The van der Waals surface area contributed by atoms with E-state index in [1.54, 1.807) is 0 Å². The SMILES string of the molecule is CC(C)=CCC(=O)[C@@H](C)[C@H]1CC[C@H]2[C@@H]3CC=C4CCCC[C@]4(C)[C@H]3CC[C@]12C. The van der Waals surface area contributed by atoms with Gasteiger partial charge >= 0.3 is 0 Å². The highest BCUT2D eigenvalue weighted by Gasteiger charge is 2.59. The Labute approximate surface area is 173 Å². The Bertz CT molecular complexity index is 680. The highest BCUT2D eigenvalue weighted by atomic mass is 16.1. The van der Waals surface area contributed by atoms with E-state index in [0.29, 0.717) is 29.0 Å². The second-order valence-corrected chi connectivity index (χ2v) is 11.4. The fraction of sp³-hybridized carbons (Fsp3) is 0.815. The number of allylic oxidation sites excluding steroid dienone is 4. The third kappa shape index (κ3) is 3.16. The van der Waals surface area contributed by atoms with Crippen LogP contribution in [-0.4, -0.2) is 5.78 Å². The van der Waals surface area contributed by atoms with Gasteiger partial charge in [0.05, 0.1) is 0 Å². The predicted octanol–water partition coefficient (Wildman–Crippen LogP) is 7.52. The smallest absolute Gasteiger partial charge is 0.139 e. The molecule has 3 saturated carbocycles. The molecule has 156 valence electrons. The summed E-state index contributed by atoms with van der Waals surface area (Å²) < 4.78 is 0. The van der Waals surface area contributed by atoms with Crippen LogP contribution in [0.4, 0.5) is 0 Å². The standard InChI is InChI=1S/C27H42O/c1-18(2)9-14-25(28)19(3)22-12-13-23-21-11-10-20-8-6-7-16-26(20,4)24(21)15-17-27(22,23)5/h9-10,19,21-24H,6-8,11-17H2,1-5H3/t19-,21-,22+,23-,24-,26-,27+/m0/s1. The molecule has 0 aromatic rings. The van der Waals surface area contributed by atoms with Gasteiger partial charge in [-0.2, -0.15) is 0 Å². The van der Waals surface area contributed by atoms with Crippen molar-refractivity contribution in [3.8, 4) is 0 Å². The lowest BCUT2D eigenvalue weighted by atomic mass is 9.47. The molecule has 0 aliphatic heterocycles. The second-order valence-electron chi connectivity index (χ2n) is 11.4. The molecule has 0 radical (unpaired) electrons. The number of carbonyl (C=O) groups excluding carboxylic acids is 1. The van der Waals surface area contributed by atoms with Crippen LogP contribution in [0.2, 0.25) is 0 Å². The van der Waals surface area contributed by atoms with Gasteiger partial charge in [0, 0.05) is 12.3 Å². The van der Waals surface area contributed by atoms with Crippen LogP contribution in [0, 0.1) is 40.4 Å². The van der Waals surface area contributed by atoms with Crippen LogP contribution in [0.5, 0.6) is 0 Å². The largest absolute Gasteiger partial charge is 0.299 e. The van der Waals surface area contributed by atoms with Crippen molar-refractivity contribution in [2.75, 3.05) is 0 Å². The van der Waals surface area contributed by atoms with Gasteiger partial charge in [-0.3, -0.25) is 4.79 Å². The highest BCUT2D eigenvalue weighted by molar-refractivity contribution is 5.82. The van der Waals surface area contributed by atoms with Gasteiger partial charge in [-0.05, 0) is 99.7 Å². The van der Waals surface area contributed by atoms with Crippen molar-refractivity contribution in [1.29, 1.82) is 0 Å². The first kappa shape index (κ1) is 20.4. The van der Waals surface area contributed by atoms with E-state index in [1.165, 1.54) is 63.4 Å². The number of fused-ring (bicyclic) bond motifs is 5. The van der Waals surface area contributed by atoms with Crippen LogP contribution >= 0.6 is 0 Å². The van der Waals surface area contributed by atoms with E-state index in [1.807, 2.05) is 5.57 Å². The van der Waals surface area contributed by atoms with Crippen molar-refractivity contribution in [3.05, 3.63) is 23.3 Å². The summed E-state index contributed by atoms with van der Waals surface area (Å²) in [5.74, 6) is 3.91. The molecule has 0 saturated heterocycles. The summed E-state index contributed by atoms with van der Waals surface area (Å²) in [6, 6.07) is 0. The third-order valence-corrected chi connectivity index (χ3v) is 9.91. The third-order valence-electron chi connectivity index (χ3n) is 9.91. The lowest BCUT2D eigenvalue weighted by molar-refractivity contribution is -0.126. The molecule has 0 aromatic heterocycles. The predicted molar refractivity (Wildman–Crippen MR) is 118 cm³/mol. The minimum atomic E-state index is 0.224. The van der Waals surface area contributed by atoms with Crippen molar-refractivity contribution >= 4 is 5.78 Å². The maximum absolute atomic E-state index is 12.9. The average molecular weight is 383 g/mol. The maximum atomic E-state index is 12.9. The molecule has 28 heavy (non-hydrogen) atoms. The summed E-state index contributed by atoms with van der Waals surface area (Å²) in [6.07, 6.45) is 17.8. The summed E-state index contributed by atoms with van der Waals surface area (Å²) in [4.78, 5) is 12.9. The molecule has 4 rings (SSSR count). The van der Waals surface area contributed by atoms with Crippen LogP contribution in [0.15, 0.2) is 23.3 Å². The summed E-state index contributed by atoms with van der Waals surface area (Å²) in [7, 11) is 0. The van der Waals surface area contributed by atoms with Crippen molar-refractivity contribution in [3.63, 3.8) is 0 Å². The van der Waals surface area contributed by atoms with Crippen molar-refractivity contribution in [2.45, 2.75) is 98.8 Å². The molecule has 0 spiro atoms. The van der Waals surface area contributed by atoms with Gasteiger partial charge in [-0.1, -0.05) is 50.5 Å². The van der Waals surface area contributed by atoms with E-state index in [9.17, 15) is 4.79 Å². The number of carbonyl (C=O) groups is 1. The van der Waals surface area contributed by atoms with Gasteiger partial charge in [0.25, 0.3) is 0 Å². The lowest BCUT2D eigenvalue weighted by Gasteiger charge is -2.58. The van der Waals surface area contributed by atoms with Gasteiger partial charge in [0.15, 0.2) is 0 Å². The minimum absolute atomic E-state index is 0.224. The fourth-order valence-electron chi connectivity index (χ4n) is 8.28. The van der Waals surface area contributed by atoms with Crippen LogP contribution in [-0.2, 0) is 4.79 Å². The summed E-state index contributed by atoms with van der Waals surface area (Å²) >= 11 is 0. The van der Waals surface area contributed by atoms with Crippen LogP contribution in [0.25, 0.3) is 0 Å². The number of ketones is 1. The first-order valence-corrected chi connectivity index (χ1v) is 12.1. The normalized spacial score (nSPS) is 43.2. The second kappa shape index (κ2) is 7.44. The Morgan fingerprint density at radius 2 is 1.93 bits per heavy atom. The molecule has 0 unspecified atom stereocenters. The molecule has 4 aliphatic rings. The van der Waals surface area contributed by atoms with Crippen molar-refractivity contribution in [1.82, 2.24) is 0 Å². The number of hydrogen-bond acceptors (Lipinski definition) is 1. The molecule has 3 fully saturated rings. The molecule has 7 atom stereocenters. The Morgan fingerprint density at radius 3 is 2.68 bits per heavy atom. The van der Waals surface area contributed by atoms with Crippen LogP contribution < -0.4 is 0 Å². The Morgan fingerprint density at radius 1 is 1.14 bits per heavy atom. The monoisotopic (exact) mass is 382 g/mol. The van der Waals surface area contributed by atoms with Crippen molar-refractivity contribution < 1.29 is 4.79 Å². The molecule has 1 heteroatoms. The molecule has 0 heterocycles. The Balaban J connectivity index is 1.54. The van der Waals surface area contributed by atoms with E-state index in [4.69, 9.17) is 0 Å². The molecule has 0 amide bonds. The zero-order chi connectivity index (χ0) is 20.1. The van der Waals surface area contributed by atoms with Gasteiger partial charge in [0.1, 0.15) is 5.78 Å². The number of Topliss-reactive ketones (excluding diaryl/α,β-unsaturated/α-hetero) is 1. The zero-order valence-corrected chi connectivity index (χ0v) is 19.0. The topological polar surface area (TPSA) is 17.1 Å². The van der Waals surface area contributed by atoms with E-state index >= 15 is 0 Å². The maximum Gasteiger partial charge on any atom is 0.139 e.